The molecule has 3 aliphatic rings. The van der Waals surface area contributed by atoms with Crippen molar-refractivity contribution in [1.82, 2.24) is 0 Å². The predicted molar refractivity (Wildman–Crippen MR) is 155 cm³/mol. The highest BCUT2D eigenvalue weighted by atomic mass is 16.7. The molecule has 46 heavy (non-hydrogen) atoms. The number of ether oxygens (including phenoxy) is 6. The van der Waals surface area contributed by atoms with E-state index in [2.05, 4.69) is 0 Å². The first-order valence-corrected chi connectivity index (χ1v) is 15.0. The Morgan fingerprint density at radius 1 is 0.783 bits per heavy atom. The standard InChI is InChI=1S/C31H42O15/c1-41-20-6-13(3-4-18(20)34)24-16-8-22(45-31-29(40)27(38)26(37)23(10-33)46-31)21(42-2)7-14(16)5-15(9-32)17(24)11-43-30-28(39)25(36)19(35)12-44-30/h3-4,6-8,15,17,19,23-40H,5,9-12H2,1-2H3. The second-order valence-corrected chi connectivity index (χ2v) is 11.8. The minimum Gasteiger partial charge on any atom is -0.504 e. The molecule has 9 N–H and O–H groups in total. The molecule has 2 fully saturated rings. The number of phenolic OH excluding ortho intramolecular Hbond substituents is 1. The summed E-state index contributed by atoms with van der Waals surface area (Å²) in [5, 5.41) is 92.1. The first kappa shape index (κ1) is 34.5. The fourth-order valence-electron chi connectivity index (χ4n) is 6.44. The molecule has 15 nitrogen and oxygen atoms in total. The Bertz CT molecular complexity index is 1320. The molecule has 0 aromatic heterocycles. The van der Waals surface area contributed by atoms with Crippen LogP contribution in [0.4, 0.5) is 0 Å². The fourth-order valence-corrected chi connectivity index (χ4v) is 6.44. The van der Waals surface area contributed by atoms with E-state index in [4.69, 9.17) is 28.4 Å². The van der Waals surface area contributed by atoms with Gasteiger partial charge in [0.15, 0.2) is 29.3 Å². The summed E-state index contributed by atoms with van der Waals surface area (Å²) >= 11 is 0. The van der Waals surface area contributed by atoms with E-state index in [1.54, 1.807) is 24.3 Å². The summed E-state index contributed by atoms with van der Waals surface area (Å²) < 4.78 is 33.9. The molecular weight excluding hydrogens is 612 g/mol. The summed E-state index contributed by atoms with van der Waals surface area (Å²) in [5.74, 6) is -0.993. The van der Waals surface area contributed by atoms with Crippen LogP contribution in [0.3, 0.4) is 0 Å². The quantitative estimate of drug-likeness (QED) is 0.134. The van der Waals surface area contributed by atoms with Gasteiger partial charge in [0.1, 0.15) is 42.7 Å². The fraction of sp³-hybridized carbons (Fsp3) is 0.613. The molecule has 2 saturated heterocycles. The molecule has 12 atom stereocenters. The van der Waals surface area contributed by atoms with Crippen LogP contribution in [-0.2, 0) is 20.6 Å². The summed E-state index contributed by atoms with van der Waals surface area (Å²) in [6, 6.07) is 8.17. The van der Waals surface area contributed by atoms with Gasteiger partial charge in [-0.1, -0.05) is 6.07 Å². The van der Waals surface area contributed by atoms with E-state index in [-0.39, 0.29) is 42.8 Å². The highest BCUT2D eigenvalue weighted by Crippen LogP contribution is 2.49. The van der Waals surface area contributed by atoms with Crippen molar-refractivity contribution >= 4 is 0 Å². The zero-order valence-corrected chi connectivity index (χ0v) is 25.3. The first-order chi connectivity index (χ1) is 22.0. The van der Waals surface area contributed by atoms with Gasteiger partial charge in [-0.25, -0.2) is 0 Å². The molecule has 1 aliphatic carbocycles. The number of benzene rings is 2. The Balaban J connectivity index is 1.55. The molecule has 0 bridgehead atoms. The summed E-state index contributed by atoms with van der Waals surface area (Å²) in [6.45, 7) is -1.22. The topological polar surface area (TPSA) is 237 Å². The minimum atomic E-state index is -1.67. The molecular formula is C31H42O15. The third-order valence-corrected chi connectivity index (χ3v) is 9.07. The van der Waals surface area contributed by atoms with Crippen molar-refractivity contribution in [2.75, 3.05) is 40.6 Å². The van der Waals surface area contributed by atoms with Crippen LogP contribution in [0.2, 0.25) is 0 Å². The van der Waals surface area contributed by atoms with Gasteiger partial charge in [-0.05, 0) is 59.2 Å². The number of hydrogen-bond donors (Lipinski definition) is 9. The smallest absolute Gasteiger partial charge is 0.229 e. The number of aromatic hydroxyl groups is 1. The Morgan fingerprint density at radius 3 is 2.17 bits per heavy atom. The maximum Gasteiger partial charge on any atom is 0.229 e. The zero-order chi connectivity index (χ0) is 33.3. The minimum absolute atomic E-state index is 0.0714. The van der Waals surface area contributed by atoms with Crippen LogP contribution in [0.25, 0.3) is 0 Å². The van der Waals surface area contributed by atoms with Gasteiger partial charge in [0.2, 0.25) is 6.29 Å². The number of phenols is 1. The van der Waals surface area contributed by atoms with Crippen LogP contribution >= 0.6 is 0 Å². The number of methoxy groups -OCH3 is 2. The van der Waals surface area contributed by atoms with Crippen LogP contribution in [0, 0.1) is 11.8 Å². The molecule has 0 spiro atoms. The number of rotatable bonds is 10. The third kappa shape index (κ3) is 6.63. The predicted octanol–water partition coefficient (Wildman–Crippen LogP) is -2.04. The summed E-state index contributed by atoms with van der Waals surface area (Å²) in [6.07, 6.45) is -12.8. The maximum atomic E-state index is 10.6. The Hall–Kier alpha value is -2.80. The van der Waals surface area contributed by atoms with Crippen molar-refractivity contribution in [2.24, 2.45) is 11.8 Å². The molecule has 256 valence electrons. The second kappa shape index (κ2) is 14.5. The van der Waals surface area contributed by atoms with Crippen molar-refractivity contribution in [3.8, 4) is 23.0 Å². The normalized spacial score (nSPS) is 36.1. The molecule has 12 unspecified atom stereocenters. The number of fused-ring (bicyclic) bond motifs is 1. The summed E-state index contributed by atoms with van der Waals surface area (Å²) in [4.78, 5) is 0. The van der Waals surface area contributed by atoms with Crippen molar-refractivity contribution in [3.63, 3.8) is 0 Å². The Labute approximate surface area is 264 Å². The molecule has 0 amide bonds. The number of hydrogen-bond acceptors (Lipinski definition) is 15. The van der Waals surface area contributed by atoms with Crippen molar-refractivity contribution in [3.05, 3.63) is 47.0 Å². The average molecular weight is 655 g/mol. The van der Waals surface area contributed by atoms with Crippen molar-refractivity contribution < 1.29 is 74.4 Å². The monoisotopic (exact) mass is 654 g/mol. The maximum absolute atomic E-state index is 10.6. The summed E-state index contributed by atoms with van der Waals surface area (Å²) in [7, 11) is 2.82. The van der Waals surface area contributed by atoms with Crippen LogP contribution in [-0.4, -0.2) is 142 Å². The lowest BCUT2D eigenvalue weighted by Gasteiger charge is -2.42. The lowest BCUT2D eigenvalue weighted by atomic mass is 9.67. The third-order valence-electron chi connectivity index (χ3n) is 9.07. The average Bonchev–Trinajstić information content (AvgIpc) is 3.06. The highest BCUT2D eigenvalue weighted by molar-refractivity contribution is 5.54. The van der Waals surface area contributed by atoms with Gasteiger partial charge >= 0.3 is 0 Å². The Kier molecular flexibility index (Phi) is 10.9. The van der Waals surface area contributed by atoms with Gasteiger partial charge in [-0.3, -0.25) is 0 Å². The first-order valence-electron chi connectivity index (χ1n) is 15.0. The van der Waals surface area contributed by atoms with Gasteiger partial charge in [-0.2, -0.15) is 0 Å². The van der Waals surface area contributed by atoms with E-state index in [9.17, 15) is 46.0 Å². The lowest BCUT2D eigenvalue weighted by molar-refractivity contribution is -0.277. The van der Waals surface area contributed by atoms with Gasteiger partial charge in [0, 0.05) is 12.5 Å². The molecule has 2 heterocycles. The van der Waals surface area contributed by atoms with E-state index in [1.807, 2.05) is 0 Å². The largest absolute Gasteiger partial charge is 0.504 e. The van der Waals surface area contributed by atoms with E-state index < -0.39 is 79.7 Å². The molecule has 0 saturated carbocycles. The molecule has 2 aromatic carbocycles. The number of aliphatic hydroxyl groups excluding tert-OH is 8. The van der Waals surface area contributed by atoms with Crippen LogP contribution < -0.4 is 14.2 Å². The van der Waals surface area contributed by atoms with E-state index in [0.29, 0.717) is 17.5 Å². The van der Waals surface area contributed by atoms with Gasteiger partial charge in [0.25, 0.3) is 0 Å². The van der Waals surface area contributed by atoms with E-state index in [0.717, 1.165) is 5.56 Å². The van der Waals surface area contributed by atoms with Crippen LogP contribution in [0.5, 0.6) is 23.0 Å². The second-order valence-electron chi connectivity index (χ2n) is 11.8. The van der Waals surface area contributed by atoms with Crippen LogP contribution in [0.15, 0.2) is 30.3 Å². The molecule has 5 rings (SSSR count). The molecule has 0 radical (unpaired) electrons. The van der Waals surface area contributed by atoms with Crippen molar-refractivity contribution in [2.45, 2.75) is 67.6 Å². The van der Waals surface area contributed by atoms with E-state index >= 15 is 0 Å². The van der Waals surface area contributed by atoms with Gasteiger partial charge < -0.3 is 74.4 Å². The van der Waals surface area contributed by atoms with Gasteiger partial charge in [0.05, 0.1) is 34.0 Å². The van der Waals surface area contributed by atoms with E-state index in [1.165, 1.54) is 20.3 Å². The Morgan fingerprint density at radius 2 is 1.50 bits per heavy atom. The van der Waals surface area contributed by atoms with Gasteiger partial charge in [-0.15, -0.1) is 0 Å². The summed E-state index contributed by atoms with van der Waals surface area (Å²) in [5.41, 5.74) is 2.12. The number of aliphatic hydroxyl groups is 8. The van der Waals surface area contributed by atoms with Crippen molar-refractivity contribution in [1.29, 1.82) is 0 Å². The molecule has 2 aromatic rings. The SMILES string of the molecule is COc1cc(C2c3cc(OC4OC(CO)C(O)C(O)C4O)c(OC)cc3CC(CO)C2COC2OCC(O)C(O)C2O)ccc1O. The lowest BCUT2D eigenvalue weighted by Crippen LogP contribution is -2.60. The highest BCUT2D eigenvalue weighted by Gasteiger charge is 2.46. The molecule has 2 aliphatic heterocycles. The zero-order valence-electron chi connectivity index (χ0n) is 25.3. The molecule has 15 heteroatoms. The van der Waals surface area contributed by atoms with Crippen LogP contribution in [0.1, 0.15) is 22.6 Å².